The zero-order valence-electron chi connectivity index (χ0n) is 19.4. The number of carbonyl (C=O) groups excluding carboxylic acids is 1. The van der Waals surface area contributed by atoms with E-state index < -0.39 is 0 Å². The minimum absolute atomic E-state index is 0.0374. The van der Waals surface area contributed by atoms with E-state index in [9.17, 15) is 4.79 Å². The number of nitrogens with one attached hydrogen (secondary N) is 1. The Hall–Kier alpha value is -2.62. The number of hydrogen-bond acceptors (Lipinski definition) is 2. The third kappa shape index (κ3) is 6.93. The van der Waals surface area contributed by atoms with Crippen molar-refractivity contribution in [2.45, 2.75) is 57.5 Å². The first-order valence-corrected chi connectivity index (χ1v) is 12.4. The molecule has 1 amide bonds. The van der Waals surface area contributed by atoms with Crippen LogP contribution in [0, 0.1) is 0 Å². The van der Waals surface area contributed by atoms with Gasteiger partial charge in [-0.15, -0.1) is 0 Å². The van der Waals surface area contributed by atoms with Crippen LogP contribution in [0.5, 0.6) is 0 Å². The summed E-state index contributed by atoms with van der Waals surface area (Å²) in [6, 6.07) is 25.2. The van der Waals surface area contributed by atoms with Gasteiger partial charge in [0.15, 0.2) is 0 Å². The van der Waals surface area contributed by atoms with Crippen molar-refractivity contribution in [1.82, 2.24) is 4.90 Å². The fraction of sp³-hybridized carbons (Fsp3) is 0.345. The zero-order chi connectivity index (χ0) is 23.0. The van der Waals surface area contributed by atoms with Crippen LogP contribution >= 0.6 is 11.6 Å². The molecular weight excluding hydrogens is 428 g/mol. The standard InChI is InChI=1S/C29H33ClN2O/c1-32(28-5-3-2-4-6-28)21-23-9-7-22(8-10-23)11-20-29(33)31-27-18-14-25(15-19-27)24-12-16-26(30)17-13-24/h7-10,12-19,28H,2-6,11,20-21H2,1H3,(H,31,33). The molecule has 4 heteroatoms. The Balaban J connectivity index is 1.23. The molecule has 0 unspecified atom stereocenters. The van der Waals surface area contributed by atoms with Gasteiger partial charge in [0.2, 0.25) is 5.91 Å². The highest BCUT2D eigenvalue weighted by atomic mass is 35.5. The summed E-state index contributed by atoms with van der Waals surface area (Å²) in [4.78, 5) is 14.9. The van der Waals surface area contributed by atoms with Gasteiger partial charge in [-0.25, -0.2) is 0 Å². The van der Waals surface area contributed by atoms with E-state index >= 15 is 0 Å². The summed E-state index contributed by atoms with van der Waals surface area (Å²) in [5, 5.41) is 3.73. The smallest absolute Gasteiger partial charge is 0.224 e. The van der Waals surface area contributed by atoms with Crippen molar-refractivity contribution in [1.29, 1.82) is 0 Å². The molecule has 172 valence electrons. The third-order valence-electron chi connectivity index (χ3n) is 6.64. The second-order valence-electron chi connectivity index (χ2n) is 9.16. The van der Waals surface area contributed by atoms with Crippen molar-refractivity contribution in [2.24, 2.45) is 0 Å². The number of amides is 1. The Bertz CT molecular complexity index is 1020. The molecule has 1 fully saturated rings. The van der Waals surface area contributed by atoms with Crippen LogP contribution in [0.4, 0.5) is 5.69 Å². The number of nitrogens with zero attached hydrogens (tertiary/aromatic N) is 1. The van der Waals surface area contributed by atoms with Crippen LogP contribution in [0.25, 0.3) is 11.1 Å². The molecule has 1 aliphatic carbocycles. The lowest BCUT2D eigenvalue weighted by atomic mass is 9.94. The number of rotatable bonds is 8. The molecule has 0 heterocycles. The molecule has 1 aliphatic rings. The summed E-state index contributed by atoms with van der Waals surface area (Å²) < 4.78 is 0. The molecule has 3 aromatic carbocycles. The molecule has 0 atom stereocenters. The summed E-state index contributed by atoms with van der Waals surface area (Å²) in [5.41, 5.74) is 5.56. The van der Waals surface area contributed by atoms with E-state index in [1.807, 2.05) is 48.5 Å². The van der Waals surface area contributed by atoms with Crippen molar-refractivity contribution < 1.29 is 4.79 Å². The van der Waals surface area contributed by atoms with E-state index in [2.05, 4.69) is 41.5 Å². The quantitative estimate of drug-likeness (QED) is 0.381. The third-order valence-corrected chi connectivity index (χ3v) is 6.89. The SMILES string of the molecule is CN(Cc1ccc(CCC(=O)Nc2ccc(-c3ccc(Cl)cc3)cc2)cc1)C1CCCCC1. The van der Waals surface area contributed by atoms with Gasteiger partial charge in [0.1, 0.15) is 0 Å². The van der Waals surface area contributed by atoms with Gasteiger partial charge in [-0.05, 0) is 72.8 Å². The van der Waals surface area contributed by atoms with Crippen molar-refractivity contribution >= 4 is 23.2 Å². The van der Waals surface area contributed by atoms with Crippen LogP contribution in [0.2, 0.25) is 5.02 Å². The molecule has 1 saturated carbocycles. The van der Waals surface area contributed by atoms with Crippen LogP contribution in [0.15, 0.2) is 72.8 Å². The minimum Gasteiger partial charge on any atom is -0.326 e. The largest absolute Gasteiger partial charge is 0.326 e. The molecule has 0 aliphatic heterocycles. The van der Waals surface area contributed by atoms with Crippen molar-refractivity contribution in [3.63, 3.8) is 0 Å². The first kappa shape index (κ1) is 23.5. The van der Waals surface area contributed by atoms with Crippen LogP contribution in [-0.2, 0) is 17.8 Å². The van der Waals surface area contributed by atoms with Crippen LogP contribution in [0.3, 0.4) is 0 Å². The van der Waals surface area contributed by atoms with E-state index in [0.717, 1.165) is 40.8 Å². The molecular formula is C29H33ClN2O. The normalized spacial score (nSPS) is 14.4. The van der Waals surface area contributed by atoms with Crippen LogP contribution in [0.1, 0.15) is 49.7 Å². The zero-order valence-corrected chi connectivity index (χ0v) is 20.2. The number of aryl methyl sites for hydroxylation is 1. The highest BCUT2D eigenvalue weighted by molar-refractivity contribution is 6.30. The predicted octanol–water partition coefficient (Wildman–Crippen LogP) is 7.34. The highest BCUT2D eigenvalue weighted by Gasteiger charge is 2.17. The maximum Gasteiger partial charge on any atom is 0.224 e. The molecule has 0 spiro atoms. The number of benzene rings is 3. The summed E-state index contributed by atoms with van der Waals surface area (Å²) in [6.07, 6.45) is 7.99. The fourth-order valence-corrected chi connectivity index (χ4v) is 4.75. The lowest BCUT2D eigenvalue weighted by molar-refractivity contribution is -0.116. The van der Waals surface area contributed by atoms with Gasteiger partial charge in [0, 0.05) is 29.7 Å². The van der Waals surface area contributed by atoms with Gasteiger partial charge < -0.3 is 5.32 Å². The number of hydrogen-bond donors (Lipinski definition) is 1. The molecule has 3 aromatic rings. The second-order valence-corrected chi connectivity index (χ2v) is 9.59. The molecule has 1 N–H and O–H groups in total. The van der Waals surface area contributed by atoms with E-state index in [1.54, 1.807) is 0 Å². The van der Waals surface area contributed by atoms with Gasteiger partial charge in [-0.2, -0.15) is 0 Å². The van der Waals surface area contributed by atoms with Gasteiger partial charge in [0.05, 0.1) is 0 Å². The molecule has 4 rings (SSSR count). The van der Waals surface area contributed by atoms with Crippen LogP contribution in [-0.4, -0.2) is 23.9 Å². The summed E-state index contributed by atoms with van der Waals surface area (Å²) in [6.45, 7) is 0.997. The molecule has 3 nitrogen and oxygen atoms in total. The Morgan fingerprint density at radius 1 is 0.848 bits per heavy atom. The first-order chi connectivity index (χ1) is 16.1. The first-order valence-electron chi connectivity index (χ1n) is 12.0. The van der Waals surface area contributed by atoms with E-state index in [0.29, 0.717) is 6.42 Å². The van der Waals surface area contributed by atoms with E-state index in [4.69, 9.17) is 11.6 Å². The van der Waals surface area contributed by atoms with E-state index in [1.165, 1.54) is 43.2 Å². The monoisotopic (exact) mass is 460 g/mol. The van der Waals surface area contributed by atoms with Crippen molar-refractivity contribution in [3.05, 3.63) is 88.9 Å². The van der Waals surface area contributed by atoms with Crippen LogP contribution < -0.4 is 5.32 Å². The number of halogens is 1. The fourth-order valence-electron chi connectivity index (χ4n) is 4.62. The van der Waals surface area contributed by atoms with Gasteiger partial charge >= 0.3 is 0 Å². The average Bonchev–Trinajstić information content (AvgIpc) is 2.85. The number of anilines is 1. The van der Waals surface area contributed by atoms with Crippen molar-refractivity contribution in [3.8, 4) is 11.1 Å². The number of carbonyl (C=O) groups is 1. The lowest BCUT2D eigenvalue weighted by Crippen LogP contribution is -2.32. The van der Waals surface area contributed by atoms with E-state index in [-0.39, 0.29) is 5.91 Å². The maximum absolute atomic E-state index is 12.4. The van der Waals surface area contributed by atoms with Gasteiger partial charge in [-0.1, -0.05) is 79.4 Å². The molecule has 33 heavy (non-hydrogen) atoms. The summed E-state index contributed by atoms with van der Waals surface area (Å²) >= 11 is 5.96. The molecule has 0 aromatic heterocycles. The predicted molar refractivity (Wildman–Crippen MR) is 139 cm³/mol. The molecule has 0 radical (unpaired) electrons. The highest BCUT2D eigenvalue weighted by Crippen LogP contribution is 2.24. The Kier molecular flexibility index (Phi) is 8.20. The molecule has 0 bridgehead atoms. The maximum atomic E-state index is 12.4. The Labute approximate surface area is 202 Å². The topological polar surface area (TPSA) is 32.3 Å². The van der Waals surface area contributed by atoms with Gasteiger partial charge in [0.25, 0.3) is 0 Å². The second kappa shape index (κ2) is 11.5. The Morgan fingerprint density at radius 2 is 1.42 bits per heavy atom. The average molecular weight is 461 g/mol. The Morgan fingerprint density at radius 3 is 2.06 bits per heavy atom. The van der Waals surface area contributed by atoms with Crippen molar-refractivity contribution in [2.75, 3.05) is 12.4 Å². The minimum atomic E-state index is 0.0374. The lowest BCUT2D eigenvalue weighted by Gasteiger charge is -2.31. The summed E-state index contributed by atoms with van der Waals surface area (Å²) in [5.74, 6) is 0.0374. The molecule has 0 saturated heterocycles. The summed E-state index contributed by atoms with van der Waals surface area (Å²) in [7, 11) is 2.25. The van der Waals surface area contributed by atoms with Gasteiger partial charge in [-0.3, -0.25) is 9.69 Å².